The minimum absolute atomic E-state index is 0.0632. The van der Waals surface area contributed by atoms with E-state index in [1.165, 1.54) is 11.8 Å². The molecule has 0 N–H and O–H groups in total. The van der Waals surface area contributed by atoms with E-state index in [-0.39, 0.29) is 5.56 Å². The van der Waals surface area contributed by atoms with Crippen molar-refractivity contribution in [1.29, 1.82) is 0 Å². The first-order valence-electron chi connectivity index (χ1n) is 7.11. The van der Waals surface area contributed by atoms with Gasteiger partial charge in [0.25, 0.3) is 5.56 Å². The molecular weight excluding hydrogens is 372 g/mol. The number of para-hydroxylation sites is 1. The Kier molecular flexibility index (Phi) is 4.68. The second-order valence-electron chi connectivity index (χ2n) is 5.28. The Hall–Kier alpha value is -1.85. The summed E-state index contributed by atoms with van der Waals surface area (Å²) in [6.07, 6.45) is 0. The van der Waals surface area contributed by atoms with Crippen LogP contribution in [0.3, 0.4) is 0 Å². The number of fused-ring (bicyclic) bond motifs is 1. The zero-order valence-electron chi connectivity index (χ0n) is 12.6. The molecule has 2 aromatic carbocycles. The molecule has 0 bridgehead atoms. The molecule has 3 aromatic rings. The van der Waals surface area contributed by atoms with Crippen molar-refractivity contribution >= 4 is 38.6 Å². The predicted molar refractivity (Wildman–Crippen MR) is 101 cm³/mol. The van der Waals surface area contributed by atoms with Gasteiger partial charge in [0.1, 0.15) is 0 Å². The minimum atomic E-state index is -0.0632. The Morgan fingerprint density at radius 3 is 2.70 bits per heavy atom. The van der Waals surface area contributed by atoms with Crippen LogP contribution in [0.4, 0.5) is 0 Å². The van der Waals surface area contributed by atoms with E-state index in [1.807, 2.05) is 55.5 Å². The van der Waals surface area contributed by atoms with E-state index in [4.69, 9.17) is 0 Å². The standard InChI is InChI=1S/C18H15BrN2OS/c1-12(2)11-23-18-20-16-9-8-13(19)10-15(16)17(22)21(18)14-6-4-3-5-7-14/h3-10H,1,11H2,2H3. The van der Waals surface area contributed by atoms with E-state index in [0.29, 0.717) is 16.1 Å². The van der Waals surface area contributed by atoms with Crippen molar-refractivity contribution in [2.45, 2.75) is 12.1 Å². The molecular formula is C18H15BrN2OS. The Morgan fingerprint density at radius 1 is 1.26 bits per heavy atom. The van der Waals surface area contributed by atoms with Crippen LogP contribution in [0, 0.1) is 0 Å². The Balaban J connectivity index is 2.28. The highest BCUT2D eigenvalue weighted by molar-refractivity contribution is 9.10. The molecule has 1 aromatic heterocycles. The smallest absolute Gasteiger partial charge is 0.266 e. The largest absolute Gasteiger partial charge is 0.268 e. The Bertz CT molecular complexity index is 935. The molecule has 116 valence electrons. The van der Waals surface area contributed by atoms with Crippen molar-refractivity contribution in [2.75, 3.05) is 5.75 Å². The molecule has 0 saturated carbocycles. The number of nitrogens with zero attached hydrogens (tertiary/aromatic N) is 2. The molecule has 0 unspecified atom stereocenters. The average molecular weight is 387 g/mol. The molecule has 0 amide bonds. The quantitative estimate of drug-likeness (QED) is 0.366. The number of aromatic nitrogens is 2. The van der Waals surface area contributed by atoms with Gasteiger partial charge >= 0.3 is 0 Å². The van der Waals surface area contributed by atoms with E-state index in [2.05, 4.69) is 27.5 Å². The molecule has 0 spiro atoms. The highest BCUT2D eigenvalue weighted by Gasteiger charge is 2.13. The maximum atomic E-state index is 13.0. The van der Waals surface area contributed by atoms with Crippen LogP contribution in [0.25, 0.3) is 16.6 Å². The fourth-order valence-electron chi connectivity index (χ4n) is 2.23. The SMILES string of the molecule is C=C(C)CSc1nc2ccc(Br)cc2c(=O)n1-c1ccccc1. The monoisotopic (exact) mass is 386 g/mol. The van der Waals surface area contributed by atoms with Gasteiger partial charge in [0.15, 0.2) is 5.16 Å². The van der Waals surface area contributed by atoms with Crippen LogP contribution >= 0.6 is 27.7 Å². The highest BCUT2D eigenvalue weighted by Crippen LogP contribution is 2.24. The molecule has 0 aliphatic heterocycles. The molecule has 0 atom stereocenters. The van der Waals surface area contributed by atoms with Crippen LogP contribution in [0.15, 0.2) is 75.1 Å². The van der Waals surface area contributed by atoms with Crippen molar-refractivity contribution in [3.05, 3.63) is 75.5 Å². The van der Waals surface area contributed by atoms with E-state index in [9.17, 15) is 4.79 Å². The number of hydrogen-bond acceptors (Lipinski definition) is 3. The van der Waals surface area contributed by atoms with Crippen LogP contribution in [0.2, 0.25) is 0 Å². The number of hydrogen-bond donors (Lipinski definition) is 0. The second kappa shape index (κ2) is 6.72. The van der Waals surface area contributed by atoms with E-state index in [1.54, 1.807) is 4.57 Å². The van der Waals surface area contributed by atoms with E-state index >= 15 is 0 Å². The molecule has 0 aliphatic rings. The van der Waals surface area contributed by atoms with Crippen LogP contribution in [-0.2, 0) is 0 Å². The molecule has 3 nitrogen and oxygen atoms in total. The minimum Gasteiger partial charge on any atom is -0.268 e. The lowest BCUT2D eigenvalue weighted by Gasteiger charge is -2.13. The summed E-state index contributed by atoms with van der Waals surface area (Å²) in [6, 6.07) is 15.2. The maximum absolute atomic E-state index is 13.0. The van der Waals surface area contributed by atoms with Crippen molar-refractivity contribution in [3.63, 3.8) is 0 Å². The normalized spacial score (nSPS) is 10.9. The molecule has 23 heavy (non-hydrogen) atoms. The number of thioether (sulfide) groups is 1. The second-order valence-corrected chi connectivity index (χ2v) is 7.14. The van der Waals surface area contributed by atoms with Crippen molar-refractivity contribution in [3.8, 4) is 5.69 Å². The molecule has 0 aliphatic carbocycles. The predicted octanol–water partition coefficient (Wildman–Crippen LogP) is 4.82. The summed E-state index contributed by atoms with van der Waals surface area (Å²) < 4.78 is 2.54. The van der Waals surface area contributed by atoms with Gasteiger partial charge in [-0.05, 0) is 37.3 Å². The molecule has 5 heteroatoms. The van der Waals surface area contributed by atoms with Crippen LogP contribution in [-0.4, -0.2) is 15.3 Å². The van der Waals surface area contributed by atoms with Gasteiger partial charge in [0.05, 0.1) is 16.6 Å². The van der Waals surface area contributed by atoms with Gasteiger partial charge in [0, 0.05) is 10.2 Å². The van der Waals surface area contributed by atoms with Gasteiger partial charge in [-0.15, -0.1) is 0 Å². The zero-order chi connectivity index (χ0) is 16.4. The molecule has 0 radical (unpaired) electrons. The summed E-state index contributed by atoms with van der Waals surface area (Å²) in [5, 5.41) is 1.28. The third-order valence-corrected chi connectivity index (χ3v) is 4.92. The van der Waals surface area contributed by atoms with Crippen molar-refractivity contribution in [2.24, 2.45) is 0 Å². The van der Waals surface area contributed by atoms with Gasteiger partial charge in [-0.3, -0.25) is 9.36 Å². The number of halogens is 1. The van der Waals surface area contributed by atoms with E-state index in [0.717, 1.165) is 21.5 Å². The average Bonchev–Trinajstić information content (AvgIpc) is 2.54. The lowest BCUT2D eigenvalue weighted by molar-refractivity contribution is 0.820. The van der Waals surface area contributed by atoms with Gasteiger partial charge in [-0.25, -0.2) is 4.98 Å². The summed E-state index contributed by atoms with van der Waals surface area (Å²) in [4.78, 5) is 17.7. The van der Waals surface area contributed by atoms with Crippen molar-refractivity contribution in [1.82, 2.24) is 9.55 Å². The fourth-order valence-corrected chi connectivity index (χ4v) is 3.44. The van der Waals surface area contributed by atoms with Gasteiger partial charge < -0.3 is 0 Å². The van der Waals surface area contributed by atoms with Crippen LogP contribution in [0.1, 0.15) is 6.92 Å². The Labute approximate surface area is 147 Å². The summed E-state index contributed by atoms with van der Waals surface area (Å²) >= 11 is 4.95. The Morgan fingerprint density at radius 2 is 2.00 bits per heavy atom. The lowest BCUT2D eigenvalue weighted by Crippen LogP contribution is -2.21. The first-order valence-corrected chi connectivity index (χ1v) is 8.89. The van der Waals surface area contributed by atoms with Crippen LogP contribution in [0.5, 0.6) is 0 Å². The molecule has 0 saturated heterocycles. The molecule has 3 rings (SSSR count). The van der Waals surface area contributed by atoms with Gasteiger partial charge in [-0.1, -0.05) is 58.0 Å². The fraction of sp³-hybridized carbons (Fsp3) is 0.111. The van der Waals surface area contributed by atoms with E-state index < -0.39 is 0 Å². The van der Waals surface area contributed by atoms with Gasteiger partial charge in [0.2, 0.25) is 0 Å². The zero-order valence-corrected chi connectivity index (χ0v) is 15.0. The summed E-state index contributed by atoms with van der Waals surface area (Å²) in [5.74, 6) is 0.724. The number of benzene rings is 2. The summed E-state index contributed by atoms with van der Waals surface area (Å²) in [7, 11) is 0. The first kappa shape index (κ1) is 16.0. The first-order chi connectivity index (χ1) is 11.1. The van der Waals surface area contributed by atoms with Gasteiger partial charge in [-0.2, -0.15) is 0 Å². The highest BCUT2D eigenvalue weighted by atomic mass is 79.9. The summed E-state index contributed by atoms with van der Waals surface area (Å²) in [5.41, 5.74) is 2.50. The third-order valence-electron chi connectivity index (χ3n) is 3.26. The topological polar surface area (TPSA) is 34.9 Å². The van der Waals surface area contributed by atoms with Crippen LogP contribution < -0.4 is 5.56 Å². The number of rotatable bonds is 4. The lowest BCUT2D eigenvalue weighted by atomic mass is 10.2. The van der Waals surface area contributed by atoms with Crippen molar-refractivity contribution < 1.29 is 0 Å². The third kappa shape index (κ3) is 3.41. The molecule has 1 heterocycles. The molecule has 0 fully saturated rings. The maximum Gasteiger partial charge on any atom is 0.266 e. The summed E-state index contributed by atoms with van der Waals surface area (Å²) in [6.45, 7) is 5.90.